The van der Waals surface area contributed by atoms with Crippen LogP contribution < -0.4 is 4.90 Å². The summed E-state index contributed by atoms with van der Waals surface area (Å²) in [6, 6.07) is 10.8. The molecule has 164 valence electrons. The Kier molecular flexibility index (Phi) is 5.98. The third-order valence-electron chi connectivity index (χ3n) is 7.13. The van der Waals surface area contributed by atoms with E-state index >= 15 is 0 Å². The van der Waals surface area contributed by atoms with Crippen molar-refractivity contribution in [3.8, 4) is 0 Å². The molecule has 2 atom stereocenters. The molecule has 2 aliphatic rings. The Morgan fingerprint density at radius 2 is 1.87 bits per heavy atom. The molecule has 0 N–H and O–H groups in total. The van der Waals surface area contributed by atoms with Crippen molar-refractivity contribution >= 4 is 27.4 Å². The second kappa shape index (κ2) is 8.87. The van der Waals surface area contributed by atoms with Crippen LogP contribution in [-0.4, -0.2) is 41.0 Å². The fourth-order valence-corrected chi connectivity index (χ4v) is 6.31. The Hall–Kier alpha value is -1.98. The van der Waals surface area contributed by atoms with Gasteiger partial charge in [0.1, 0.15) is 16.5 Å². The van der Waals surface area contributed by atoms with Crippen LogP contribution in [0.25, 0.3) is 10.2 Å². The van der Waals surface area contributed by atoms with Gasteiger partial charge in [0.2, 0.25) is 0 Å². The Morgan fingerprint density at radius 3 is 2.61 bits per heavy atom. The molecule has 5 heteroatoms. The zero-order chi connectivity index (χ0) is 21.4. The largest absolute Gasteiger partial charge is 0.353 e. The molecule has 31 heavy (non-hydrogen) atoms. The van der Waals surface area contributed by atoms with Gasteiger partial charge < -0.3 is 4.90 Å². The van der Waals surface area contributed by atoms with E-state index < -0.39 is 0 Å². The molecule has 1 fully saturated rings. The van der Waals surface area contributed by atoms with Crippen LogP contribution in [0, 0.1) is 5.92 Å². The van der Waals surface area contributed by atoms with Crippen molar-refractivity contribution in [2.75, 3.05) is 31.1 Å². The minimum Gasteiger partial charge on any atom is -0.353 e. The average Bonchev–Trinajstić information content (AvgIpc) is 3.16. The van der Waals surface area contributed by atoms with E-state index in [1.54, 1.807) is 10.4 Å². The summed E-state index contributed by atoms with van der Waals surface area (Å²) in [7, 11) is 0. The zero-order valence-corrected chi connectivity index (χ0v) is 19.9. The van der Waals surface area contributed by atoms with Crippen molar-refractivity contribution in [3.63, 3.8) is 0 Å². The molecule has 0 radical (unpaired) electrons. The lowest BCUT2D eigenvalue weighted by Gasteiger charge is -2.36. The summed E-state index contributed by atoms with van der Waals surface area (Å²) in [5.74, 6) is 3.43. The van der Waals surface area contributed by atoms with Gasteiger partial charge in [0.15, 0.2) is 0 Å². The van der Waals surface area contributed by atoms with Crippen LogP contribution in [0.4, 0.5) is 5.82 Å². The van der Waals surface area contributed by atoms with Crippen molar-refractivity contribution < 1.29 is 0 Å². The van der Waals surface area contributed by atoms with Gasteiger partial charge in [-0.05, 0) is 42.7 Å². The number of fused-ring (bicyclic) bond motifs is 3. The monoisotopic (exact) mass is 434 g/mol. The maximum Gasteiger partial charge on any atom is 0.141 e. The average molecular weight is 435 g/mol. The van der Waals surface area contributed by atoms with E-state index in [9.17, 15) is 0 Å². The number of aromatic nitrogens is 2. The molecule has 5 rings (SSSR count). The number of piperazine rings is 1. The normalized spacial score (nSPS) is 20.7. The smallest absolute Gasteiger partial charge is 0.141 e. The van der Waals surface area contributed by atoms with Crippen molar-refractivity contribution in [2.45, 2.75) is 58.9 Å². The van der Waals surface area contributed by atoms with Gasteiger partial charge in [-0.25, -0.2) is 9.97 Å². The molecule has 0 amide bonds. The van der Waals surface area contributed by atoms with Gasteiger partial charge in [-0.1, -0.05) is 51.1 Å². The van der Waals surface area contributed by atoms with E-state index in [4.69, 9.17) is 9.97 Å². The standard InChI is InChI=1S/C26H34N4S/c1-4-19(3)24-27-25(23-21-11-10-18(2)16-22(21)31-26(23)28-24)30-14-12-29(13-15-30)17-20-8-6-5-7-9-20/h5-9,18-19H,4,10-17H2,1-3H3. The van der Waals surface area contributed by atoms with E-state index in [1.807, 2.05) is 11.3 Å². The molecule has 1 saturated heterocycles. The highest BCUT2D eigenvalue weighted by atomic mass is 32.1. The molecule has 2 unspecified atom stereocenters. The maximum absolute atomic E-state index is 5.21. The third kappa shape index (κ3) is 4.22. The first-order chi connectivity index (χ1) is 15.1. The van der Waals surface area contributed by atoms with E-state index in [0.29, 0.717) is 5.92 Å². The quantitative estimate of drug-likeness (QED) is 0.519. The maximum atomic E-state index is 5.21. The Bertz CT molecular complexity index is 1040. The van der Waals surface area contributed by atoms with Crippen LogP contribution in [0.1, 0.15) is 61.4 Å². The van der Waals surface area contributed by atoms with Crippen LogP contribution >= 0.6 is 11.3 Å². The third-order valence-corrected chi connectivity index (χ3v) is 8.28. The van der Waals surface area contributed by atoms with Gasteiger partial charge in [-0.3, -0.25) is 4.90 Å². The van der Waals surface area contributed by atoms with Crippen molar-refractivity contribution in [3.05, 3.63) is 52.2 Å². The summed E-state index contributed by atoms with van der Waals surface area (Å²) in [4.78, 5) is 18.2. The number of aryl methyl sites for hydroxylation is 1. The number of anilines is 1. The molecule has 0 saturated carbocycles. The SMILES string of the molecule is CCC(C)c1nc(N2CCN(Cc3ccccc3)CC2)c2c3c(sc2n1)CC(C)CC3. The highest BCUT2D eigenvalue weighted by molar-refractivity contribution is 7.19. The molecule has 1 aromatic carbocycles. The minimum absolute atomic E-state index is 0.403. The van der Waals surface area contributed by atoms with Gasteiger partial charge in [0.05, 0.1) is 5.39 Å². The topological polar surface area (TPSA) is 32.3 Å². The molecule has 3 aromatic rings. The number of benzene rings is 1. The van der Waals surface area contributed by atoms with E-state index in [1.165, 1.54) is 40.9 Å². The highest BCUT2D eigenvalue weighted by Crippen LogP contribution is 2.41. The molecule has 1 aliphatic carbocycles. The number of thiophene rings is 1. The first kappa shape index (κ1) is 20.9. The van der Waals surface area contributed by atoms with E-state index in [-0.39, 0.29) is 0 Å². The molecule has 2 aromatic heterocycles. The lowest BCUT2D eigenvalue weighted by atomic mass is 9.89. The Morgan fingerprint density at radius 1 is 1.10 bits per heavy atom. The fraction of sp³-hybridized carbons (Fsp3) is 0.538. The van der Waals surface area contributed by atoms with Gasteiger partial charge in [0, 0.05) is 43.5 Å². The van der Waals surface area contributed by atoms with Gasteiger partial charge in [0.25, 0.3) is 0 Å². The first-order valence-corrected chi connectivity index (χ1v) is 12.8. The van der Waals surface area contributed by atoms with E-state index in [0.717, 1.165) is 50.9 Å². The summed E-state index contributed by atoms with van der Waals surface area (Å²) in [6.07, 6.45) is 4.76. The number of rotatable bonds is 5. The predicted molar refractivity (Wildman–Crippen MR) is 131 cm³/mol. The van der Waals surface area contributed by atoms with Crippen molar-refractivity contribution in [1.82, 2.24) is 14.9 Å². The van der Waals surface area contributed by atoms with Crippen LogP contribution in [0.15, 0.2) is 30.3 Å². The van der Waals surface area contributed by atoms with Gasteiger partial charge in [-0.15, -0.1) is 11.3 Å². The molecular weight excluding hydrogens is 400 g/mol. The van der Waals surface area contributed by atoms with Gasteiger partial charge >= 0.3 is 0 Å². The van der Waals surface area contributed by atoms with Crippen LogP contribution in [-0.2, 0) is 19.4 Å². The van der Waals surface area contributed by atoms with Crippen molar-refractivity contribution in [1.29, 1.82) is 0 Å². The molecule has 0 bridgehead atoms. The van der Waals surface area contributed by atoms with Crippen LogP contribution in [0.5, 0.6) is 0 Å². The summed E-state index contributed by atoms with van der Waals surface area (Å²) >= 11 is 1.94. The molecular formula is C26H34N4S. The first-order valence-electron chi connectivity index (χ1n) is 12.0. The van der Waals surface area contributed by atoms with Crippen LogP contribution in [0.3, 0.4) is 0 Å². The zero-order valence-electron chi connectivity index (χ0n) is 19.1. The Labute approximate surface area is 190 Å². The number of nitrogens with zero attached hydrogens (tertiary/aromatic N) is 4. The summed E-state index contributed by atoms with van der Waals surface area (Å²) in [5.41, 5.74) is 2.95. The minimum atomic E-state index is 0.403. The summed E-state index contributed by atoms with van der Waals surface area (Å²) in [6.45, 7) is 12.2. The number of hydrogen-bond acceptors (Lipinski definition) is 5. The van der Waals surface area contributed by atoms with Crippen molar-refractivity contribution in [2.24, 2.45) is 5.92 Å². The molecule has 4 nitrogen and oxygen atoms in total. The molecule has 3 heterocycles. The second-order valence-electron chi connectivity index (χ2n) is 9.50. The molecule has 0 spiro atoms. The van der Waals surface area contributed by atoms with E-state index in [2.05, 4.69) is 60.9 Å². The lowest BCUT2D eigenvalue weighted by Crippen LogP contribution is -2.46. The molecule has 1 aliphatic heterocycles. The fourth-order valence-electron chi connectivity index (χ4n) is 4.93. The second-order valence-corrected chi connectivity index (χ2v) is 10.6. The summed E-state index contributed by atoms with van der Waals surface area (Å²) in [5, 5.41) is 1.37. The van der Waals surface area contributed by atoms with Gasteiger partial charge in [-0.2, -0.15) is 0 Å². The lowest BCUT2D eigenvalue weighted by molar-refractivity contribution is 0.249. The Balaban J connectivity index is 1.44. The summed E-state index contributed by atoms with van der Waals surface area (Å²) < 4.78 is 0. The van der Waals surface area contributed by atoms with Crippen LogP contribution in [0.2, 0.25) is 0 Å². The number of hydrogen-bond donors (Lipinski definition) is 0. The highest BCUT2D eigenvalue weighted by Gasteiger charge is 2.28. The predicted octanol–water partition coefficient (Wildman–Crippen LogP) is 5.65.